The molecule has 28 heavy (non-hydrogen) atoms. The van der Waals surface area contributed by atoms with Crippen LogP contribution < -0.4 is 10.6 Å². The van der Waals surface area contributed by atoms with Crippen LogP contribution in [0.5, 0.6) is 0 Å². The molecule has 0 unspecified atom stereocenters. The minimum absolute atomic E-state index is 0.170. The van der Waals surface area contributed by atoms with Gasteiger partial charge >= 0.3 is 0 Å². The Labute approximate surface area is 166 Å². The van der Waals surface area contributed by atoms with Gasteiger partial charge in [0.2, 0.25) is 5.91 Å². The average Bonchev–Trinajstić information content (AvgIpc) is 3.15. The third-order valence-electron chi connectivity index (χ3n) is 3.93. The Balaban J connectivity index is 1.44. The second kappa shape index (κ2) is 9.44. The van der Waals surface area contributed by atoms with Crippen molar-refractivity contribution >= 4 is 28.3 Å². The first-order valence-electron chi connectivity index (χ1n) is 8.71. The molecule has 0 fully saturated rings. The van der Waals surface area contributed by atoms with E-state index in [1.165, 1.54) is 11.3 Å². The second-order valence-corrected chi connectivity index (χ2v) is 7.15. The van der Waals surface area contributed by atoms with Crippen molar-refractivity contribution in [1.82, 2.24) is 10.3 Å². The number of thiazole rings is 1. The first-order valence-corrected chi connectivity index (χ1v) is 9.52. The van der Waals surface area contributed by atoms with E-state index in [1.807, 2.05) is 18.2 Å². The number of rotatable bonds is 7. The van der Waals surface area contributed by atoms with Crippen LogP contribution in [0.15, 0.2) is 60.8 Å². The number of aromatic nitrogens is 1. The summed E-state index contributed by atoms with van der Waals surface area (Å²) in [5, 5.41) is 14.8. The number of carbonyl (C=O) groups is 2. The zero-order valence-electron chi connectivity index (χ0n) is 15.0. The summed E-state index contributed by atoms with van der Waals surface area (Å²) < 4.78 is 0. The van der Waals surface area contributed by atoms with Gasteiger partial charge in [0.25, 0.3) is 5.91 Å². The van der Waals surface area contributed by atoms with E-state index < -0.39 is 0 Å². The molecule has 3 rings (SSSR count). The fourth-order valence-electron chi connectivity index (χ4n) is 2.51. The van der Waals surface area contributed by atoms with Crippen LogP contribution in [0, 0.1) is 11.3 Å². The lowest BCUT2D eigenvalue weighted by Crippen LogP contribution is -2.27. The van der Waals surface area contributed by atoms with Crippen LogP contribution in [0.25, 0.3) is 0 Å². The molecule has 0 bridgehead atoms. The van der Waals surface area contributed by atoms with Crippen LogP contribution in [-0.2, 0) is 11.2 Å². The maximum Gasteiger partial charge on any atom is 0.251 e. The molecule has 0 aliphatic heterocycles. The third-order valence-corrected chi connectivity index (χ3v) is 4.85. The number of benzene rings is 2. The summed E-state index contributed by atoms with van der Waals surface area (Å²) in [7, 11) is 0. The summed E-state index contributed by atoms with van der Waals surface area (Å²) in [4.78, 5) is 29.2. The topological polar surface area (TPSA) is 94.9 Å². The zero-order chi connectivity index (χ0) is 19.8. The number of nitrogens with zero attached hydrogens (tertiary/aromatic N) is 2. The largest absolute Gasteiger partial charge is 0.352 e. The molecule has 1 aromatic heterocycles. The first-order chi connectivity index (χ1) is 13.6. The van der Waals surface area contributed by atoms with Crippen molar-refractivity contribution in [3.05, 3.63) is 82.4 Å². The van der Waals surface area contributed by atoms with Crippen molar-refractivity contribution in [2.24, 2.45) is 0 Å². The van der Waals surface area contributed by atoms with Crippen LogP contribution in [0.2, 0.25) is 0 Å². The molecule has 2 N–H and O–H groups in total. The van der Waals surface area contributed by atoms with Crippen LogP contribution in [0.1, 0.15) is 32.8 Å². The molecule has 0 aliphatic rings. The molecule has 1 heterocycles. The molecule has 0 saturated carbocycles. The normalized spacial score (nSPS) is 10.1. The van der Waals surface area contributed by atoms with Crippen LogP contribution >= 0.6 is 11.3 Å². The van der Waals surface area contributed by atoms with Crippen molar-refractivity contribution in [2.75, 3.05) is 11.9 Å². The van der Waals surface area contributed by atoms with Crippen molar-refractivity contribution in [3.63, 3.8) is 0 Å². The van der Waals surface area contributed by atoms with E-state index in [2.05, 4.69) is 21.7 Å². The lowest BCUT2D eigenvalue weighted by Gasteiger charge is -2.05. The fourth-order valence-corrected chi connectivity index (χ4v) is 3.37. The Kier molecular flexibility index (Phi) is 6.50. The summed E-state index contributed by atoms with van der Waals surface area (Å²) in [6, 6.07) is 18.3. The number of nitrogens with one attached hydrogen (secondary N) is 2. The molecule has 140 valence electrons. The molecule has 0 saturated heterocycles. The number of anilines is 1. The maximum atomic E-state index is 12.0. The molecule has 3 aromatic rings. The van der Waals surface area contributed by atoms with Crippen molar-refractivity contribution in [1.29, 1.82) is 5.26 Å². The zero-order valence-corrected chi connectivity index (χ0v) is 15.8. The highest BCUT2D eigenvalue weighted by Gasteiger charge is 2.09. The predicted octanol–water partition coefficient (Wildman–Crippen LogP) is 3.36. The number of carbonyl (C=O) groups excluding carboxylic acids is 2. The van der Waals surface area contributed by atoms with Gasteiger partial charge < -0.3 is 10.6 Å². The molecule has 0 radical (unpaired) electrons. The van der Waals surface area contributed by atoms with Gasteiger partial charge in [-0.15, -0.1) is 11.3 Å². The molecule has 2 aromatic carbocycles. The van der Waals surface area contributed by atoms with Gasteiger partial charge in [0, 0.05) is 36.0 Å². The lowest BCUT2D eigenvalue weighted by molar-refractivity contribution is -0.116. The molecule has 7 heteroatoms. The van der Waals surface area contributed by atoms with Gasteiger partial charge in [0.15, 0.2) is 5.13 Å². The quantitative estimate of drug-likeness (QED) is 0.647. The Morgan fingerprint density at radius 1 is 1.07 bits per heavy atom. The summed E-state index contributed by atoms with van der Waals surface area (Å²) in [5.41, 5.74) is 2.26. The summed E-state index contributed by atoms with van der Waals surface area (Å²) in [6.45, 7) is 0.253. The molecular weight excluding hydrogens is 372 g/mol. The highest BCUT2D eigenvalue weighted by Crippen LogP contribution is 2.21. The van der Waals surface area contributed by atoms with Gasteiger partial charge in [-0.25, -0.2) is 4.98 Å². The second-order valence-electron chi connectivity index (χ2n) is 6.04. The smallest absolute Gasteiger partial charge is 0.251 e. The van der Waals surface area contributed by atoms with Gasteiger partial charge in [-0.1, -0.05) is 30.3 Å². The first kappa shape index (κ1) is 19.3. The highest BCUT2D eigenvalue weighted by molar-refractivity contribution is 7.15. The van der Waals surface area contributed by atoms with E-state index in [1.54, 1.807) is 42.6 Å². The third kappa shape index (κ3) is 5.50. The van der Waals surface area contributed by atoms with E-state index in [4.69, 9.17) is 5.26 Å². The van der Waals surface area contributed by atoms with Gasteiger partial charge in [-0.2, -0.15) is 5.26 Å². The molecule has 0 atom stereocenters. The average molecular weight is 390 g/mol. The van der Waals surface area contributed by atoms with Gasteiger partial charge in [-0.05, 0) is 29.8 Å². The summed E-state index contributed by atoms with van der Waals surface area (Å²) >= 11 is 1.41. The Morgan fingerprint density at radius 2 is 1.82 bits per heavy atom. The SMILES string of the molecule is N#Cc1ccc(Cc2cnc(NC(=O)CCNC(=O)c3ccccc3)s2)cc1. The Bertz CT molecular complexity index is 991. The Morgan fingerprint density at radius 3 is 2.54 bits per heavy atom. The van der Waals surface area contributed by atoms with Crippen molar-refractivity contribution < 1.29 is 9.59 Å². The van der Waals surface area contributed by atoms with E-state index in [-0.39, 0.29) is 24.8 Å². The van der Waals surface area contributed by atoms with Gasteiger partial charge in [0.05, 0.1) is 11.6 Å². The molecular formula is C21H18N4O2S. The summed E-state index contributed by atoms with van der Waals surface area (Å²) in [5.74, 6) is -0.403. The number of hydrogen-bond acceptors (Lipinski definition) is 5. The van der Waals surface area contributed by atoms with Gasteiger partial charge in [0.1, 0.15) is 0 Å². The van der Waals surface area contributed by atoms with Gasteiger partial charge in [-0.3, -0.25) is 9.59 Å². The summed E-state index contributed by atoms with van der Waals surface area (Å²) in [6.07, 6.45) is 2.59. The minimum atomic E-state index is -0.202. The maximum absolute atomic E-state index is 12.0. The van der Waals surface area contributed by atoms with Crippen LogP contribution in [0.3, 0.4) is 0 Å². The monoisotopic (exact) mass is 390 g/mol. The lowest BCUT2D eigenvalue weighted by atomic mass is 10.1. The minimum Gasteiger partial charge on any atom is -0.352 e. The molecule has 0 spiro atoms. The standard InChI is InChI=1S/C21H18N4O2S/c22-13-16-8-6-15(7-9-16)12-18-14-24-21(28-18)25-19(26)10-11-23-20(27)17-4-2-1-3-5-17/h1-9,14H,10-12H2,(H,23,27)(H,24,25,26). The van der Waals surface area contributed by atoms with E-state index >= 15 is 0 Å². The highest BCUT2D eigenvalue weighted by atomic mass is 32.1. The van der Waals surface area contributed by atoms with Crippen LogP contribution in [0.4, 0.5) is 5.13 Å². The number of nitriles is 1. The fraction of sp³-hybridized carbons (Fsp3) is 0.143. The number of hydrogen-bond donors (Lipinski definition) is 2. The predicted molar refractivity (Wildman–Crippen MR) is 108 cm³/mol. The molecule has 6 nitrogen and oxygen atoms in total. The van der Waals surface area contributed by atoms with Crippen molar-refractivity contribution in [2.45, 2.75) is 12.8 Å². The van der Waals surface area contributed by atoms with E-state index in [9.17, 15) is 9.59 Å². The van der Waals surface area contributed by atoms with E-state index in [0.29, 0.717) is 22.7 Å². The van der Waals surface area contributed by atoms with Crippen LogP contribution in [-0.4, -0.2) is 23.3 Å². The van der Waals surface area contributed by atoms with E-state index in [0.717, 1.165) is 10.4 Å². The molecule has 2 amide bonds. The molecule has 0 aliphatic carbocycles. The number of amides is 2. The Hall–Kier alpha value is -3.50. The van der Waals surface area contributed by atoms with Crippen molar-refractivity contribution in [3.8, 4) is 6.07 Å².